The monoisotopic (exact) mass is 266 g/mol. The van der Waals surface area contributed by atoms with Crippen molar-refractivity contribution in [1.29, 1.82) is 0 Å². The number of nitrogen functional groups attached to an aromatic ring is 1. The minimum absolute atomic E-state index is 0.0266. The normalized spacial score (nSPS) is 10.9. The molecule has 0 unspecified atom stereocenters. The molecule has 1 amide bonds. The van der Waals surface area contributed by atoms with Crippen molar-refractivity contribution in [3.05, 3.63) is 18.0 Å². The van der Waals surface area contributed by atoms with Crippen LogP contribution in [0.4, 0.5) is 5.69 Å². The molecular formula is C14H26N4O. The van der Waals surface area contributed by atoms with Crippen molar-refractivity contribution >= 4 is 11.6 Å². The third-order valence-electron chi connectivity index (χ3n) is 3.40. The Labute approximate surface area is 115 Å². The van der Waals surface area contributed by atoms with Crippen molar-refractivity contribution in [3.8, 4) is 0 Å². The van der Waals surface area contributed by atoms with E-state index in [0.717, 1.165) is 39.1 Å². The van der Waals surface area contributed by atoms with Crippen LogP contribution in [0, 0.1) is 0 Å². The Morgan fingerprint density at radius 3 is 2.37 bits per heavy atom. The van der Waals surface area contributed by atoms with Gasteiger partial charge in [0.05, 0.1) is 0 Å². The lowest BCUT2D eigenvalue weighted by molar-refractivity contribution is 0.0752. The number of carbonyl (C=O) groups excluding carboxylic acids is 1. The number of nitrogens with zero attached hydrogens (tertiary/aromatic N) is 2. The first-order valence-corrected chi connectivity index (χ1v) is 7.07. The number of amides is 1. The summed E-state index contributed by atoms with van der Waals surface area (Å²) in [7, 11) is 0. The minimum atomic E-state index is 0.0266. The second-order valence-corrected chi connectivity index (χ2v) is 4.61. The quantitative estimate of drug-likeness (QED) is 0.754. The molecule has 1 aromatic heterocycles. The fourth-order valence-corrected chi connectivity index (χ4v) is 2.13. The second-order valence-electron chi connectivity index (χ2n) is 4.61. The van der Waals surface area contributed by atoms with Gasteiger partial charge in [-0.3, -0.25) is 4.79 Å². The van der Waals surface area contributed by atoms with Gasteiger partial charge < -0.3 is 20.5 Å². The predicted molar refractivity (Wildman–Crippen MR) is 79.2 cm³/mol. The van der Waals surface area contributed by atoms with Crippen molar-refractivity contribution in [1.82, 2.24) is 14.8 Å². The third-order valence-corrected chi connectivity index (χ3v) is 3.40. The molecule has 19 heavy (non-hydrogen) atoms. The number of aromatic nitrogens is 1. The van der Waals surface area contributed by atoms with Crippen molar-refractivity contribution in [2.75, 3.05) is 38.5 Å². The largest absolute Gasteiger partial charge is 0.397 e. The molecule has 0 saturated carbocycles. The van der Waals surface area contributed by atoms with Crippen LogP contribution >= 0.6 is 0 Å². The van der Waals surface area contributed by atoms with E-state index in [1.54, 1.807) is 12.3 Å². The summed E-state index contributed by atoms with van der Waals surface area (Å²) in [6.07, 6.45) is 2.65. The van der Waals surface area contributed by atoms with E-state index < -0.39 is 0 Å². The van der Waals surface area contributed by atoms with Crippen LogP contribution in [0.25, 0.3) is 0 Å². The molecule has 5 heteroatoms. The van der Waals surface area contributed by atoms with Gasteiger partial charge in [-0.25, -0.2) is 0 Å². The highest BCUT2D eigenvalue weighted by atomic mass is 16.2. The summed E-state index contributed by atoms with van der Waals surface area (Å²) < 4.78 is 0. The molecule has 3 N–H and O–H groups in total. The van der Waals surface area contributed by atoms with E-state index in [9.17, 15) is 4.79 Å². The molecule has 1 heterocycles. The summed E-state index contributed by atoms with van der Waals surface area (Å²) in [5, 5.41) is 0. The molecule has 0 spiro atoms. The van der Waals surface area contributed by atoms with Gasteiger partial charge in [-0.2, -0.15) is 0 Å². The number of nitrogens with one attached hydrogen (secondary N) is 1. The van der Waals surface area contributed by atoms with Crippen LogP contribution in [0.5, 0.6) is 0 Å². The Bertz CT molecular complexity index is 385. The van der Waals surface area contributed by atoms with Gasteiger partial charge in [0, 0.05) is 25.0 Å². The van der Waals surface area contributed by atoms with E-state index in [2.05, 4.69) is 23.7 Å². The smallest absolute Gasteiger partial charge is 0.270 e. The second kappa shape index (κ2) is 7.84. The molecule has 0 aromatic carbocycles. The van der Waals surface area contributed by atoms with Gasteiger partial charge in [0.25, 0.3) is 5.91 Å². The van der Waals surface area contributed by atoms with E-state index in [-0.39, 0.29) is 5.91 Å². The molecular weight excluding hydrogens is 240 g/mol. The molecule has 0 radical (unpaired) electrons. The van der Waals surface area contributed by atoms with Crippen LogP contribution < -0.4 is 5.73 Å². The van der Waals surface area contributed by atoms with E-state index >= 15 is 0 Å². The van der Waals surface area contributed by atoms with E-state index in [1.165, 1.54) is 0 Å². The molecule has 108 valence electrons. The highest BCUT2D eigenvalue weighted by Crippen LogP contribution is 2.08. The van der Waals surface area contributed by atoms with Crippen LogP contribution in [0.15, 0.2) is 12.3 Å². The van der Waals surface area contributed by atoms with Crippen molar-refractivity contribution in [2.24, 2.45) is 0 Å². The van der Waals surface area contributed by atoms with E-state index in [0.29, 0.717) is 11.4 Å². The van der Waals surface area contributed by atoms with Crippen molar-refractivity contribution < 1.29 is 4.79 Å². The standard InChI is InChI=1S/C14H26N4O/c1-4-17(5-2)8-7-9-18(6-3)14(19)13-10-12(15)11-16-13/h10-11,16H,4-9,15H2,1-3H3. The highest BCUT2D eigenvalue weighted by molar-refractivity contribution is 5.93. The maximum absolute atomic E-state index is 12.2. The van der Waals surface area contributed by atoms with Gasteiger partial charge in [0.1, 0.15) is 5.69 Å². The zero-order valence-corrected chi connectivity index (χ0v) is 12.3. The van der Waals surface area contributed by atoms with Gasteiger partial charge in [0.2, 0.25) is 0 Å². The molecule has 5 nitrogen and oxygen atoms in total. The minimum Gasteiger partial charge on any atom is -0.397 e. The lowest BCUT2D eigenvalue weighted by Gasteiger charge is -2.23. The lowest BCUT2D eigenvalue weighted by Crippen LogP contribution is -2.34. The summed E-state index contributed by atoms with van der Waals surface area (Å²) in [5.74, 6) is 0.0266. The molecule has 0 saturated heterocycles. The fraction of sp³-hybridized carbons (Fsp3) is 0.643. The van der Waals surface area contributed by atoms with E-state index in [1.807, 2.05) is 11.8 Å². The SMILES string of the molecule is CCN(CC)CCCN(CC)C(=O)c1cc(N)c[nH]1. The van der Waals surface area contributed by atoms with Gasteiger partial charge in [-0.05, 0) is 39.0 Å². The number of hydrogen-bond donors (Lipinski definition) is 2. The first kappa shape index (κ1) is 15.6. The number of aromatic amines is 1. The maximum atomic E-state index is 12.2. The lowest BCUT2D eigenvalue weighted by atomic mass is 10.3. The number of rotatable bonds is 8. The van der Waals surface area contributed by atoms with Crippen LogP contribution in [0.2, 0.25) is 0 Å². The average molecular weight is 266 g/mol. The molecule has 0 bridgehead atoms. The Kier molecular flexibility index (Phi) is 6.42. The number of H-pyrrole nitrogens is 1. The molecule has 0 fully saturated rings. The van der Waals surface area contributed by atoms with Crippen molar-refractivity contribution in [2.45, 2.75) is 27.2 Å². The molecule has 0 atom stereocenters. The zero-order valence-electron chi connectivity index (χ0n) is 12.3. The van der Waals surface area contributed by atoms with Crippen LogP contribution in [0.3, 0.4) is 0 Å². The number of nitrogens with two attached hydrogens (primary N) is 1. The summed E-state index contributed by atoms with van der Waals surface area (Å²) in [6, 6.07) is 1.69. The highest BCUT2D eigenvalue weighted by Gasteiger charge is 2.15. The van der Waals surface area contributed by atoms with Crippen LogP contribution in [-0.2, 0) is 0 Å². The van der Waals surface area contributed by atoms with Crippen LogP contribution in [-0.4, -0.2) is 53.4 Å². The zero-order chi connectivity index (χ0) is 14.3. The van der Waals surface area contributed by atoms with Crippen LogP contribution in [0.1, 0.15) is 37.7 Å². The first-order chi connectivity index (χ1) is 9.12. The molecule has 1 rings (SSSR count). The number of anilines is 1. The molecule has 1 aromatic rings. The average Bonchev–Trinajstić information content (AvgIpc) is 2.85. The van der Waals surface area contributed by atoms with Gasteiger partial charge in [0.15, 0.2) is 0 Å². The maximum Gasteiger partial charge on any atom is 0.270 e. The number of carbonyl (C=O) groups is 1. The molecule has 0 aliphatic carbocycles. The van der Waals surface area contributed by atoms with Gasteiger partial charge in [-0.1, -0.05) is 13.8 Å². The molecule has 0 aliphatic heterocycles. The number of hydrogen-bond acceptors (Lipinski definition) is 3. The summed E-state index contributed by atoms with van der Waals surface area (Å²) in [4.78, 5) is 19.4. The Morgan fingerprint density at radius 2 is 1.89 bits per heavy atom. The topological polar surface area (TPSA) is 65.4 Å². The third kappa shape index (κ3) is 4.59. The van der Waals surface area contributed by atoms with E-state index in [4.69, 9.17) is 5.73 Å². The Morgan fingerprint density at radius 1 is 1.21 bits per heavy atom. The summed E-state index contributed by atoms with van der Waals surface area (Å²) in [5.41, 5.74) is 6.80. The summed E-state index contributed by atoms with van der Waals surface area (Å²) >= 11 is 0. The fourth-order valence-electron chi connectivity index (χ4n) is 2.13. The molecule has 0 aliphatic rings. The predicted octanol–water partition coefficient (Wildman–Crippen LogP) is 1.79. The van der Waals surface area contributed by atoms with Gasteiger partial charge in [-0.15, -0.1) is 0 Å². The first-order valence-electron chi connectivity index (χ1n) is 7.07. The van der Waals surface area contributed by atoms with Crippen molar-refractivity contribution in [3.63, 3.8) is 0 Å². The Balaban J connectivity index is 2.47. The summed E-state index contributed by atoms with van der Waals surface area (Å²) in [6.45, 7) is 11.0. The van der Waals surface area contributed by atoms with Gasteiger partial charge >= 0.3 is 0 Å². The Hall–Kier alpha value is -1.49.